The van der Waals surface area contributed by atoms with Crippen molar-refractivity contribution in [2.75, 3.05) is 19.4 Å². The second kappa shape index (κ2) is 10.5. The van der Waals surface area contributed by atoms with Gasteiger partial charge in [0.1, 0.15) is 17.6 Å². The Balaban J connectivity index is 0.00000312. The second-order valence-electron chi connectivity index (χ2n) is 5.61. The SMILES string of the molecule is COc1ccc(OC(C)CNC(=O)CCc2ccccc2N)cc1.Cl. The first-order valence-electron chi connectivity index (χ1n) is 7.99. The van der Waals surface area contributed by atoms with Crippen molar-refractivity contribution in [3.8, 4) is 11.5 Å². The van der Waals surface area contributed by atoms with Crippen molar-refractivity contribution in [3.63, 3.8) is 0 Å². The minimum Gasteiger partial charge on any atom is -0.497 e. The van der Waals surface area contributed by atoms with Crippen molar-refractivity contribution in [2.45, 2.75) is 25.9 Å². The Labute approximate surface area is 154 Å². The molecule has 1 atom stereocenters. The minimum atomic E-state index is -0.121. The molecular formula is C19H25ClN2O3. The van der Waals surface area contributed by atoms with Crippen molar-refractivity contribution >= 4 is 24.0 Å². The van der Waals surface area contributed by atoms with Crippen molar-refractivity contribution in [1.29, 1.82) is 0 Å². The van der Waals surface area contributed by atoms with Crippen molar-refractivity contribution in [2.24, 2.45) is 0 Å². The molecule has 136 valence electrons. The monoisotopic (exact) mass is 364 g/mol. The molecule has 2 aromatic rings. The highest BCUT2D eigenvalue weighted by Gasteiger charge is 2.08. The van der Waals surface area contributed by atoms with E-state index in [1.54, 1.807) is 7.11 Å². The lowest BCUT2D eigenvalue weighted by molar-refractivity contribution is -0.121. The molecule has 25 heavy (non-hydrogen) atoms. The Morgan fingerprint density at radius 2 is 1.76 bits per heavy atom. The standard InChI is InChI=1S/C19H24N2O3.ClH/c1-14(24-17-10-8-16(23-2)9-11-17)13-21-19(22)12-7-15-5-3-4-6-18(15)20;/h3-6,8-11,14H,7,12-13,20H2,1-2H3,(H,21,22);1H. The number of aryl methyl sites for hydroxylation is 1. The van der Waals surface area contributed by atoms with E-state index in [-0.39, 0.29) is 24.4 Å². The summed E-state index contributed by atoms with van der Waals surface area (Å²) in [7, 11) is 1.62. The van der Waals surface area contributed by atoms with E-state index >= 15 is 0 Å². The van der Waals surface area contributed by atoms with Gasteiger partial charge in [0.05, 0.1) is 13.7 Å². The summed E-state index contributed by atoms with van der Waals surface area (Å²) < 4.78 is 10.9. The van der Waals surface area contributed by atoms with E-state index < -0.39 is 0 Å². The highest BCUT2D eigenvalue weighted by atomic mass is 35.5. The van der Waals surface area contributed by atoms with Gasteiger partial charge in [-0.1, -0.05) is 18.2 Å². The summed E-state index contributed by atoms with van der Waals surface area (Å²) >= 11 is 0. The Morgan fingerprint density at radius 3 is 2.40 bits per heavy atom. The molecule has 2 rings (SSSR count). The van der Waals surface area contributed by atoms with Crippen LogP contribution in [0.25, 0.3) is 0 Å². The van der Waals surface area contributed by atoms with Crippen LogP contribution in [0.15, 0.2) is 48.5 Å². The van der Waals surface area contributed by atoms with Gasteiger partial charge in [0.25, 0.3) is 0 Å². The van der Waals surface area contributed by atoms with Crippen LogP contribution in [0.5, 0.6) is 11.5 Å². The molecule has 1 unspecified atom stereocenters. The molecule has 0 radical (unpaired) electrons. The molecule has 0 heterocycles. The number of ether oxygens (including phenoxy) is 2. The summed E-state index contributed by atoms with van der Waals surface area (Å²) in [4.78, 5) is 11.9. The Bertz CT molecular complexity index is 662. The normalized spacial score (nSPS) is 11.1. The van der Waals surface area contributed by atoms with Gasteiger partial charge in [0, 0.05) is 12.1 Å². The zero-order valence-corrected chi connectivity index (χ0v) is 15.3. The molecule has 0 aliphatic rings. The molecular weight excluding hydrogens is 340 g/mol. The lowest BCUT2D eigenvalue weighted by Gasteiger charge is -2.16. The average Bonchev–Trinajstić information content (AvgIpc) is 2.60. The molecule has 3 N–H and O–H groups in total. The smallest absolute Gasteiger partial charge is 0.220 e. The molecule has 1 amide bonds. The number of carbonyl (C=O) groups excluding carboxylic acids is 1. The van der Waals surface area contributed by atoms with Crippen LogP contribution in [0.4, 0.5) is 5.69 Å². The molecule has 0 aliphatic heterocycles. The predicted octanol–water partition coefficient (Wildman–Crippen LogP) is 3.22. The average molecular weight is 365 g/mol. The quantitative estimate of drug-likeness (QED) is 0.705. The molecule has 0 aromatic heterocycles. The molecule has 0 spiro atoms. The Kier molecular flexibility index (Phi) is 8.64. The first-order valence-corrected chi connectivity index (χ1v) is 7.99. The van der Waals surface area contributed by atoms with Gasteiger partial charge in [0.2, 0.25) is 5.91 Å². The molecule has 0 aliphatic carbocycles. The maximum Gasteiger partial charge on any atom is 0.220 e. The third-order valence-electron chi connectivity index (χ3n) is 3.66. The number of hydrogen-bond acceptors (Lipinski definition) is 4. The lowest BCUT2D eigenvalue weighted by Crippen LogP contribution is -2.33. The largest absolute Gasteiger partial charge is 0.497 e. The number of anilines is 1. The minimum absolute atomic E-state index is 0. The van der Waals surface area contributed by atoms with Crippen LogP contribution in [0, 0.1) is 0 Å². The van der Waals surface area contributed by atoms with E-state index in [4.69, 9.17) is 15.2 Å². The molecule has 5 nitrogen and oxygen atoms in total. The fraction of sp³-hybridized carbons (Fsp3) is 0.316. The van der Waals surface area contributed by atoms with Crippen molar-refractivity contribution < 1.29 is 14.3 Å². The summed E-state index contributed by atoms with van der Waals surface area (Å²) in [5.74, 6) is 1.52. The van der Waals surface area contributed by atoms with Crippen LogP contribution in [0.1, 0.15) is 18.9 Å². The number of nitrogen functional groups attached to an aromatic ring is 1. The highest BCUT2D eigenvalue weighted by molar-refractivity contribution is 5.85. The molecule has 0 bridgehead atoms. The van der Waals surface area contributed by atoms with Crippen molar-refractivity contribution in [3.05, 3.63) is 54.1 Å². The first kappa shape index (κ1) is 20.6. The summed E-state index contributed by atoms with van der Waals surface area (Å²) in [6.07, 6.45) is 0.916. The van der Waals surface area contributed by atoms with E-state index in [9.17, 15) is 4.79 Å². The number of carbonyl (C=O) groups is 1. The molecule has 6 heteroatoms. The van der Waals surface area contributed by atoms with Gasteiger partial charge in [-0.05, 0) is 49.2 Å². The number of para-hydroxylation sites is 1. The van der Waals surface area contributed by atoms with Gasteiger partial charge in [-0.25, -0.2) is 0 Å². The summed E-state index contributed by atoms with van der Waals surface area (Å²) in [6.45, 7) is 2.37. The summed E-state index contributed by atoms with van der Waals surface area (Å²) in [5.41, 5.74) is 7.59. The third kappa shape index (κ3) is 6.93. The van der Waals surface area contributed by atoms with Crippen LogP contribution in [0.3, 0.4) is 0 Å². The third-order valence-corrected chi connectivity index (χ3v) is 3.66. The van der Waals surface area contributed by atoms with E-state index in [2.05, 4.69) is 5.32 Å². The lowest BCUT2D eigenvalue weighted by atomic mass is 10.1. The maximum absolute atomic E-state index is 11.9. The summed E-state index contributed by atoms with van der Waals surface area (Å²) in [6, 6.07) is 15.0. The predicted molar refractivity (Wildman–Crippen MR) is 103 cm³/mol. The molecule has 2 aromatic carbocycles. The van der Waals surface area contributed by atoms with Gasteiger partial charge in [0.15, 0.2) is 0 Å². The Morgan fingerprint density at radius 1 is 1.12 bits per heavy atom. The number of benzene rings is 2. The van der Waals surface area contributed by atoms with E-state index in [1.807, 2.05) is 55.5 Å². The Hall–Kier alpha value is -2.40. The zero-order valence-electron chi connectivity index (χ0n) is 14.5. The van der Waals surface area contributed by atoms with Gasteiger partial charge < -0.3 is 20.5 Å². The van der Waals surface area contributed by atoms with E-state index in [1.165, 1.54) is 0 Å². The molecule has 0 fully saturated rings. The number of methoxy groups -OCH3 is 1. The van der Waals surface area contributed by atoms with Crippen LogP contribution >= 0.6 is 12.4 Å². The second-order valence-corrected chi connectivity index (χ2v) is 5.61. The number of hydrogen-bond donors (Lipinski definition) is 2. The fourth-order valence-corrected chi connectivity index (χ4v) is 2.28. The van der Waals surface area contributed by atoms with Crippen LogP contribution in [-0.2, 0) is 11.2 Å². The van der Waals surface area contributed by atoms with Crippen LogP contribution in [0.2, 0.25) is 0 Å². The number of halogens is 1. The highest BCUT2D eigenvalue weighted by Crippen LogP contribution is 2.18. The number of nitrogens with one attached hydrogen (secondary N) is 1. The van der Waals surface area contributed by atoms with Gasteiger partial charge in [-0.3, -0.25) is 4.79 Å². The number of nitrogens with two attached hydrogens (primary N) is 1. The van der Waals surface area contributed by atoms with Gasteiger partial charge in [-0.15, -0.1) is 12.4 Å². The topological polar surface area (TPSA) is 73.6 Å². The van der Waals surface area contributed by atoms with Gasteiger partial charge in [-0.2, -0.15) is 0 Å². The van der Waals surface area contributed by atoms with Crippen LogP contribution < -0.4 is 20.5 Å². The van der Waals surface area contributed by atoms with E-state index in [0.29, 0.717) is 19.4 Å². The zero-order chi connectivity index (χ0) is 17.4. The first-order chi connectivity index (χ1) is 11.6. The van der Waals surface area contributed by atoms with Crippen LogP contribution in [-0.4, -0.2) is 25.7 Å². The summed E-state index contributed by atoms with van der Waals surface area (Å²) in [5, 5.41) is 2.89. The maximum atomic E-state index is 11.9. The molecule has 0 saturated carbocycles. The van der Waals surface area contributed by atoms with Crippen molar-refractivity contribution in [1.82, 2.24) is 5.32 Å². The fourth-order valence-electron chi connectivity index (χ4n) is 2.28. The molecule has 0 saturated heterocycles. The van der Waals surface area contributed by atoms with E-state index in [0.717, 1.165) is 22.7 Å². The van der Waals surface area contributed by atoms with Gasteiger partial charge >= 0.3 is 0 Å². The number of amides is 1. The number of rotatable bonds is 8.